The third kappa shape index (κ3) is 4.05. The van der Waals surface area contributed by atoms with Gasteiger partial charge < -0.3 is 14.5 Å². The van der Waals surface area contributed by atoms with E-state index in [0.717, 1.165) is 10.6 Å². The number of likely N-dealkylation sites (N-methyl/N-ethyl adjacent to an activating group) is 1. The molecule has 2 aliphatic heterocycles. The molecule has 2 aromatic rings. The van der Waals surface area contributed by atoms with E-state index in [1.807, 2.05) is 24.3 Å². The highest BCUT2D eigenvalue weighted by molar-refractivity contribution is 6.30. The summed E-state index contributed by atoms with van der Waals surface area (Å²) in [6, 6.07) is 14.7. The quantitative estimate of drug-likeness (QED) is 0.648. The fraction of sp³-hybridized carbons (Fsp3) is 0.375. The number of halogens is 1. The minimum atomic E-state index is -1.18. The van der Waals surface area contributed by atoms with Gasteiger partial charge in [0.1, 0.15) is 5.75 Å². The molecule has 0 N–H and O–H groups in total. The highest BCUT2D eigenvalue weighted by atomic mass is 35.5. The highest BCUT2D eigenvalue weighted by Crippen LogP contribution is 2.40. The Kier molecular flexibility index (Phi) is 6.11. The number of hydrogen-bond donors (Lipinski definition) is 0. The van der Waals surface area contributed by atoms with Crippen molar-refractivity contribution < 1.29 is 19.1 Å². The fourth-order valence-electron chi connectivity index (χ4n) is 4.50. The Labute approximate surface area is 192 Å². The number of benzene rings is 2. The minimum Gasteiger partial charge on any atom is -0.497 e. The largest absolute Gasteiger partial charge is 0.497 e. The molecular formula is C24H26ClN3O4. The molecule has 0 aromatic heterocycles. The SMILES string of the molecule is COc1ccc(C2(CC(=O)N3CCN(c4ccc(Cl)cc4)CC3)CC(=O)N(C)C2=O)cc1. The van der Waals surface area contributed by atoms with Gasteiger partial charge in [-0.25, -0.2) is 0 Å². The summed E-state index contributed by atoms with van der Waals surface area (Å²) in [5.41, 5.74) is 0.547. The molecule has 2 saturated heterocycles. The number of carbonyl (C=O) groups is 3. The van der Waals surface area contributed by atoms with Gasteiger partial charge >= 0.3 is 0 Å². The van der Waals surface area contributed by atoms with E-state index in [9.17, 15) is 14.4 Å². The van der Waals surface area contributed by atoms with E-state index in [4.69, 9.17) is 16.3 Å². The fourth-order valence-corrected chi connectivity index (χ4v) is 4.62. The van der Waals surface area contributed by atoms with Crippen LogP contribution in [0, 0.1) is 0 Å². The molecule has 2 aromatic carbocycles. The summed E-state index contributed by atoms with van der Waals surface area (Å²) < 4.78 is 5.21. The second kappa shape index (κ2) is 8.82. The van der Waals surface area contributed by atoms with Gasteiger partial charge in [-0.2, -0.15) is 0 Å². The Balaban J connectivity index is 1.50. The Bertz CT molecular complexity index is 1020. The first-order valence-electron chi connectivity index (χ1n) is 10.6. The summed E-state index contributed by atoms with van der Waals surface area (Å²) in [7, 11) is 3.04. The maximum absolute atomic E-state index is 13.3. The number of rotatable bonds is 5. The van der Waals surface area contributed by atoms with E-state index in [1.54, 1.807) is 36.3 Å². The third-order valence-corrected chi connectivity index (χ3v) is 6.71. The molecule has 2 fully saturated rings. The lowest BCUT2D eigenvalue weighted by Crippen LogP contribution is -2.51. The normalized spacial score (nSPS) is 21.3. The van der Waals surface area contributed by atoms with Gasteiger partial charge in [-0.3, -0.25) is 19.3 Å². The molecule has 4 rings (SSSR count). The number of amides is 3. The minimum absolute atomic E-state index is 0.00879. The number of piperazine rings is 1. The van der Waals surface area contributed by atoms with E-state index in [1.165, 1.54) is 7.05 Å². The molecule has 0 spiro atoms. The van der Waals surface area contributed by atoms with E-state index in [-0.39, 0.29) is 30.6 Å². The predicted octanol–water partition coefficient (Wildman–Crippen LogP) is 2.71. The van der Waals surface area contributed by atoms with Crippen molar-refractivity contribution in [1.82, 2.24) is 9.80 Å². The van der Waals surface area contributed by atoms with Gasteiger partial charge in [0, 0.05) is 56.8 Å². The Morgan fingerprint density at radius 3 is 2.16 bits per heavy atom. The van der Waals surface area contributed by atoms with Crippen LogP contribution in [-0.4, -0.2) is 67.9 Å². The van der Waals surface area contributed by atoms with Crippen LogP contribution in [0.1, 0.15) is 18.4 Å². The number of methoxy groups -OCH3 is 1. The molecule has 168 valence electrons. The summed E-state index contributed by atoms with van der Waals surface area (Å²) in [4.78, 5) is 44.0. The van der Waals surface area contributed by atoms with Crippen molar-refractivity contribution >= 4 is 35.0 Å². The van der Waals surface area contributed by atoms with Crippen molar-refractivity contribution in [3.8, 4) is 5.75 Å². The van der Waals surface area contributed by atoms with Gasteiger partial charge in [0.15, 0.2) is 0 Å². The van der Waals surface area contributed by atoms with Crippen LogP contribution >= 0.6 is 11.6 Å². The molecule has 3 amide bonds. The molecule has 32 heavy (non-hydrogen) atoms. The summed E-state index contributed by atoms with van der Waals surface area (Å²) in [5.74, 6) is -0.0707. The summed E-state index contributed by atoms with van der Waals surface area (Å²) in [6.45, 7) is 2.49. The van der Waals surface area contributed by atoms with Gasteiger partial charge in [-0.1, -0.05) is 23.7 Å². The smallest absolute Gasteiger partial charge is 0.240 e. The molecule has 1 atom stereocenters. The lowest BCUT2D eigenvalue weighted by Gasteiger charge is -2.37. The monoisotopic (exact) mass is 455 g/mol. The zero-order chi connectivity index (χ0) is 22.9. The number of hydrogen-bond acceptors (Lipinski definition) is 5. The van der Waals surface area contributed by atoms with Crippen molar-refractivity contribution in [1.29, 1.82) is 0 Å². The second-order valence-corrected chi connectivity index (χ2v) is 8.70. The first-order valence-corrected chi connectivity index (χ1v) is 11.0. The number of likely N-dealkylation sites (tertiary alicyclic amines) is 1. The lowest BCUT2D eigenvalue weighted by molar-refractivity contribution is -0.141. The standard InChI is InChI=1S/C24H26ClN3O4/c1-26-21(29)15-24(23(26)31,17-3-9-20(32-2)10-4-17)16-22(30)28-13-11-27(12-14-28)19-7-5-18(25)6-8-19/h3-10H,11-16H2,1-2H3. The third-order valence-electron chi connectivity index (χ3n) is 6.46. The number of imide groups is 1. The van der Waals surface area contributed by atoms with Crippen LogP contribution in [0.3, 0.4) is 0 Å². The number of ether oxygens (including phenoxy) is 1. The van der Waals surface area contributed by atoms with E-state index in [2.05, 4.69) is 4.90 Å². The van der Waals surface area contributed by atoms with E-state index in [0.29, 0.717) is 42.5 Å². The zero-order valence-electron chi connectivity index (χ0n) is 18.2. The first kappa shape index (κ1) is 22.1. The van der Waals surface area contributed by atoms with Crippen molar-refractivity contribution in [2.24, 2.45) is 0 Å². The molecule has 0 aliphatic carbocycles. The average molecular weight is 456 g/mol. The number of nitrogens with zero attached hydrogens (tertiary/aromatic N) is 3. The molecule has 7 nitrogen and oxygen atoms in total. The molecular weight excluding hydrogens is 430 g/mol. The van der Waals surface area contributed by atoms with Crippen LogP contribution in [0.5, 0.6) is 5.75 Å². The van der Waals surface area contributed by atoms with Crippen molar-refractivity contribution in [3.63, 3.8) is 0 Å². The van der Waals surface area contributed by atoms with Crippen LogP contribution in [0.15, 0.2) is 48.5 Å². The molecule has 2 heterocycles. The second-order valence-electron chi connectivity index (χ2n) is 8.27. The van der Waals surface area contributed by atoms with Gasteiger partial charge in [-0.05, 0) is 42.0 Å². The molecule has 1 unspecified atom stereocenters. The topological polar surface area (TPSA) is 70.2 Å². The van der Waals surface area contributed by atoms with Gasteiger partial charge in [0.25, 0.3) is 0 Å². The van der Waals surface area contributed by atoms with E-state index < -0.39 is 5.41 Å². The van der Waals surface area contributed by atoms with Gasteiger partial charge in [-0.15, -0.1) is 0 Å². The molecule has 0 bridgehead atoms. The number of anilines is 1. The molecule has 0 radical (unpaired) electrons. The van der Waals surface area contributed by atoms with Crippen LogP contribution in [0.2, 0.25) is 5.02 Å². The predicted molar refractivity (Wildman–Crippen MR) is 122 cm³/mol. The van der Waals surface area contributed by atoms with Crippen LogP contribution in [0.25, 0.3) is 0 Å². The maximum Gasteiger partial charge on any atom is 0.240 e. The zero-order valence-corrected chi connectivity index (χ0v) is 19.0. The van der Waals surface area contributed by atoms with Crippen molar-refractivity contribution in [2.75, 3.05) is 45.2 Å². The molecule has 2 aliphatic rings. The molecule has 0 saturated carbocycles. The number of carbonyl (C=O) groups excluding carboxylic acids is 3. The van der Waals surface area contributed by atoms with E-state index >= 15 is 0 Å². The Hall–Kier alpha value is -3.06. The highest BCUT2D eigenvalue weighted by Gasteiger charge is 2.53. The maximum atomic E-state index is 13.3. The Morgan fingerprint density at radius 2 is 1.62 bits per heavy atom. The van der Waals surface area contributed by atoms with Crippen LogP contribution in [-0.2, 0) is 19.8 Å². The van der Waals surface area contributed by atoms with Gasteiger partial charge in [0.05, 0.1) is 12.5 Å². The summed E-state index contributed by atoms with van der Waals surface area (Å²) >= 11 is 5.98. The van der Waals surface area contributed by atoms with Crippen molar-refractivity contribution in [2.45, 2.75) is 18.3 Å². The Morgan fingerprint density at radius 1 is 1.00 bits per heavy atom. The summed E-state index contributed by atoms with van der Waals surface area (Å²) in [6.07, 6.45) is -0.0413. The average Bonchev–Trinajstić information content (AvgIpc) is 3.04. The van der Waals surface area contributed by atoms with Crippen LogP contribution in [0.4, 0.5) is 5.69 Å². The summed E-state index contributed by atoms with van der Waals surface area (Å²) in [5, 5.41) is 0.687. The molecule has 8 heteroatoms. The van der Waals surface area contributed by atoms with Gasteiger partial charge in [0.2, 0.25) is 17.7 Å². The van der Waals surface area contributed by atoms with Crippen molar-refractivity contribution in [3.05, 3.63) is 59.1 Å². The first-order chi connectivity index (χ1) is 15.3. The van der Waals surface area contributed by atoms with Crippen LogP contribution < -0.4 is 9.64 Å². The lowest BCUT2D eigenvalue weighted by atomic mass is 9.75.